The van der Waals surface area contributed by atoms with Crippen LogP contribution in [-0.4, -0.2) is 36.5 Å². The molecular formula is C11H17IO4. The highest BCUT2D eigenvalue weighted by atomic mass is 127. The Labute approximate surface area is 109 Å². The van der Waals surface area contributed by atoms with Gasteiger partial charge in [-0.3, -0.25) is 0 Å². The molecule has 0 spiro atoms. The van der Waals surface area contributed by atoms with Crippen LogP contribution >= 0.6 is 22.6 Å². The van der Waals surface area contributed by atoms with Crippen molar-refractivity contribution in [2.75, 3.05) is 24.8 Å². The Kier molecular flexibility index (Phi) is 5.71. The number of allylic oxidation sites excluding steroid dienone is 2. The highest BCUT2D eigenvalue weighted by molar-refractivity contribution is 14.1. The van der Waals surface area contributed by atoms with E-state index >= 15 is 0 Å². The zero-order chi connectivity index (χ0) is 12.0. The Balaban J connectivity index is 2.38. The van der Waals surface area contributed by atoms with Crippen LogP contribution in [0.3, 0.4) is 0 Å². The van der Waals surface area contributed by atoms with Crippen LogP contribution in [0.1, 0.15) is 13.3 Å². The summed E-state index contributed by atoms with van der Waals surface area (Å²) >= 11 is 2.29. The summed E-state index contributed by atoms with van der Waals surface area (Å²) in [4.78, 5) is 11.4. The minimum absolute atomic E-state index is 0.317. The van der Waals surface area contributed by atoms with Crippen molar-refractivity contribution < 1.29 is 19.0 Å². The molecule has 0 aromatic carbocycles. The molecule has 5 heteroatoms. The molecule has 1 saturated heterocycles. The van der Waals surface area contributed by atoms with Gasteiger partial charge in [0, 0.05) is 17.3 Å². The standard InChI is InChI=1S/C11H17IO4/c1-11(10(13)14-2)15-7-9(8-16-11)5-3-4-6-12/h3-4,9H,5-8H2,1-2H3/b4-3+. The Morgan fingerprint density at radius 3 is 2.62 bits per heavy atom. The number of halogens is 1. The van der Waals surface area contributed by atoms with E-state index in [1.807, 2.05) is 0 Å². The number of esters is 1. The number of ether oxygens (including phenoxy) is 3. The molecule has 0 aliphatic carbocycles. The van der Waals surface area contributed by atoms with Gasteiger partial charge in [0.2, 0.25) is 0 Å². The van der Waals surface area contributed by atoms with Gasteiger partial charge >= 0.3 is 5.97 Å². The zero-order valence-electron chi connectivity index (χ0n) is 9.57. The summed E-state index contributed by atoms with van der Waals surface area (Å²) in [5.41, 5.74) is 0. The Hall–Kier alpha value is -0.140. The van der Waals surface area contributed by atoms with Gasteiger partial charge in [0.05, 0.1) is 20.3 Å². The van der Waals surface area contributed by atoms with Crippen molar-refractivity contribution in [3.8, 4) is 0 Å². The van der Waals surface area contributed by atoms with Crippen molar-refractivity contribution in [1.82, 2.24) is 0 Å². The third-order valence-electron chi connectivity index (χ3n) is 2.47. The summed E-state index contributed by atoms with van der Waals surface area (Å²) in [5.74, 6) is -1.39. The van der Waals surface area contributed by atoms with Crippen molar-refractivity contribution in [2.24, 2.45) is 5.92 Å². The molecule has 0 radical (unpaired) electrons. The summed E-state index contributed by atoms with van der Waals surface area (Å²) in [7, 11) is 1.33. The lowest BCUT2D eigenvalue weighted by Gasteiger charge is -2.34. The van der Waals surface area contributed by atoms with Crippen LogP contribution < -0.4 is 0 Å². The van der Waals surface area contributed by atoms with Gasteiger partial charge in [-0.25, -0.2) is 4.79 Å². The predicted molar refractivity (Wildman–Crippen MR) is 68.5 cm³/mol. The van der Waals surface area contributed by atoms with Gasteiger partial charge in [0.15, 0.2) is 0 Å². The third kappa shape index (κ3) is 3.71. The Morgan fingerprint density at radius 1 is 1.50 bits per heavy atom. The van der Waals surface area contributed by atoms with Crippen molar-refractivity contribution >= 4 is 28.6 Å². The molecule has 16 heavy (non-hydrogen) atoms. The average Bonchev–Trinajstić information content (AvgIpc) is 2.31. The van der Waals surface area contributed by atoms with Crippen molar-refractivity contribution in [1.29, 1.82) is 0 Å². The number of alkyl halides is 1. The minimum atomic E-state index is -1.22. The summed E-state index contributed by atoms with van der Waals surface area (Å²) in [6.45, 7) is 2.64. The van der Waals surface area contributed by atoms with Crippen LogP contribution in [0.2, 0.25) is 0 Å². The lowest BCUT2D eigenvalue weighted by molar-refractivity contribution is -0.271. The van der Waals surface area contributed by atoms with Gasteiger partial charge in [-0.15, -0.1) is 0 Å². The first-order valence-electron chi connectivity index (χ1n) is 5.19. The number of carbonyl (C=O) groups is 1. The lowest BCUT2D eigenvalue weighted by Crippen LogP contribution is -2.48. The fourth-order valence-corrected chi connectivity index (χ4v) is 1.79. The molecule has 92 valence electrons. The van der Waals surface area contributed by atoms with Crippen LogP contribution in [0.4, 0.5) is 0 Å². The summed E-state index contributed by atoms with van der Waals surface area (Å²) in [5, 5.41) is 0. The molecular weight excluding hydrogens is 323 g/mol. The Morgan fingerprint density at radius 2 is 2.12 bits per heavy atom. The molecule has 0 unspecified atom stereocenters. The maximum Gasteiger partial charge on any atom is 0.366 e. The van der Waals surface area contributed by atoms with E-state index < -0.39 is 11.8 Å². The van der Waals surface area contributed by atoms with E-state index in [1.165, 1.54) is 7.11 Å². The van der Waals surface area contributed by atoms with E-state index in [9.17, 15) is 4.79 Å². The summed E-state index contributed by atoms with van der Waals surface area (Å²) < 4.78 is 16.5. The first-order valence-corrected chi connectivity index (χ1v) is 6.72. The fraction of sp³-hybridized carbons (Fsp3) is 0.727. The largest absolute Gasteiger partial charge is 0.465 e. The normalized spacial score (nSPS) is 30.6. The topological polar surface area (TPSA) is 44.8 Å². The van der Waals surface area contributed by atoms with E-state index in [4.69, 9.17) is 9.47 Å². The van der Waals surface area contributed by atoms with Crippen LogP contribution in [0.15, 0.2) is 12.2 Å². The van der Waals surface area contributed by atoms with Crippen LogP contribution in [0, 0.1) is 5.92 Å². The molecule has 1 aliphatic rings. The molecule has 1 heterocycles. The second-order valence-electron chi connectivity index (χ2n) is 3.79. The quantitative estimate of drug-likeness (QED) is 0.340. The lowest BCUT2D eigenvalue weighted by atomic mass is 10.1. The zero-order valence-corrected chi connectivity index (χ0v) is 11.7. The number of hydrogen-bond donors (Lipinski definition) is 0. The SMILES string of the molecule is COC(=O)C1(C)OCC(C/C=C/CI)CO1. The van der Waals surface area contributed by atoms with Crippen molar-refractivity contribution in [3.05, 3.63) is 12.2 Å². The van der Waals surface area contributed by atoms with Gasteiger partial charge in [-0.05, 0) is 6.42 Å². The first-order chi connectivity index (χ1) is 7.62. The fourth-order valence-electron chi connectivity index (χ4n) is 1.43. The molecule has 0 atom stereocenters. The molecule has 0 aromatic rings. The molecule has 0 amide bonds. The van der Waals surface area contributed by atoms with Crippen LogP contribution in [-0.2, 0) is 19.0 Å². The number of hydrogen-bond acceptors (Lipinski definition) is 4. The maximum absolute atomic E-state index is 11.4. The predicted octanol–water partition coefficient (Wildman–Crippen LogP) is 1.92. The molecule has 1 fully saturated rings. The first kappa shape index (κ1) is 13.9. The Bertz CT molecular complexity index is 257. The van der Waals surface area contributed by atoms with Gasteiger partial charge in [-0.1, -0.05) is 34.7 Å². The van der Waals surface area contributed by atoms with E-state index in [1.54, 1.807) is 6.92 Å². The maximum atomic E-state index is 11.4. The highest BCUT2D eigenvalue weighted by Gasteiger charge is 2.41. The van der Waals surface area contributed by atoms with E-state index in [-0.39, 0.29) is 0 Å². The van der Waals surface area contributed by atoms with Gasteiger partial charge < -0.3 is 14.2 Å². The van der Waals surface area contributed by atoms with Crippen molar-refractivity contribution in [3.63, 3.8) is 0 Å². The average molecular weight is 340 g/mol. The summed E-state index contributed by atoms with van der Waals surface area (Å²) in [6, 6.07) is 0. The second-order valence-corrected chi connectivity index (χ2v) is 4.67. The van der Waals surface area contributed by atoms with E-state index in [0.29, 0.717) is 19.1 Å². The molecule has 4 nitrogen and oxygen atoms in total. The molecule has 0 saturated carbocycles. The highest BCUT2D eigenvalue weighted by Crippen LogP contribution is 2.24. The van der Waals surface area contributed by atoms with Gasteiger partial charge in [-0.2, -0.15) is 0 Å². The number of methoxy groups -OCH3 is 1. The third-order valence-corrected chi connectivity index (χ3v) is 2.98. The monoisotopic (exact) mass is 340 g/mol. The van der Waals surface area contributed by atoms with Crippen molar-refractivity contribution in [2.45, 2.75) is 19.1 Å². The number of rotatable bonds is 4. The number of carbonyl (C=O) groups excluding carboxylic acids is 1. The molecule has 1 aliphatic heterocycles. The second kappa shape index (κ2) is 6.56. The van der Waals surface area contributed by atoms with Crippen LogP contribution in [0.5, 0.6) is 0 Å². The molecule has 0 N–H and O–H groups in total. The van der Waals surface area contributed by atoms with E-state index in [2.05, 4.69) is 39.5 Å². The van der Waals surface area contributed by atoms with E-state index in [0.717, 1.165) is 10.8 Å². The van der Waals surface area contributed by atoms with Crippen LogP contribution in [0.25, 0.3) is 0 Å². The molecule has 0 aromatic heterocycles. The smallest absolute Gasteiger partial charge is 0.366 e. The van der Waals surface area contributed by atoms with Gasteiger partial charge in [0.1, 0.15) is 0 Å². The summed E-state index contributed by atoms with van der Waals surface area (Å²) in [6.07, 6.45) is 5.14. The minimum Gasteiger partial charge on any atom is -0.465 e. The molecule has 0 bridgehead atoms. The molecule has 1 rings (SSSR count). The van der Waals surface area contributed by atoms with Gasteiger partial charge in [0.25, 0.3) is 5.79 Å².